The highest BCUT2D eigenvalue weighted by Crippen LogP contribution is 2.48. The summed E-state index contributed by atoms with van der Waals surface area (Å²) in [5, 5.41) is 3.02. The predicted molar refractivity (Wildman–Crippen MR) is 96.3 cm³/mol. The zero-order chi connectivity index (χ0) is 18.5. The average Bonchev–Trinajstić information content (AvgIpc) is 3.01. The van der Waals surface area contributed by atoms with Crippen LogP contribution >= 0.6 is 0 Å². The van der Waals surface area contributed by atoms with Gasteiger partial charge in [-0.15, -0.1) is 0 Å². The van der Waals surface area contributed by atoms with E-state index in [1.54, 1.807) is 0 Å². The van der Waals surface area contributed by atoms with Gasteiger partial charge in [0, 0.05) is 30.1 Å². The van der Waals surface area contributed by atoms with Gasteiger partial charge >= 0.3 is 6.09 Å². The van der Waals surface area contributed by atoms with E-state index < -0.39 is 5.60 Å². The number of rotatable bonds is 3. The van der Waals surface area contributed by atoms with Gasteiger partial charge in [-0.2, -0.15) is 0 Å². The number of piperidine rings is 1. The molecule has 0 bridgehead atoms. The van der Waals surface area contributed by atoms with Gasteiger partial charge in [0.2, 0.25) is 0 Å². The third-order valence-electron chi connectivity index (χ3n) is 5.30. The van der Waals surface area contributed by atoms with Crippen LogP contribution in [0.3, 0.4) is 0 Å². The van der Waals surface area contributed by atoms with Gasteiger partial charge in [0.05, 0.1) is 12.6 Å². The monoisotopic (exact) mass is 358 g/mol. The number of nitrogens with zero attached hydrogens (tertiary/aromatic N) is 1. The van der Waals surface area contributed by atoms with Crippen molar-refractivity contribution in [2.75, 3.05) is 13.2 Å². The molecular weight excluding hydrogens is 332 g/mol. The summed E-state index contributed by atoms with van der Waals surface area (Å²) in [4.78, 5) is 27.1. The van der Waals surface area contributed by atoms with Gasteiger partial charge < -0.3 is 19.7 Å². The Morgan fingerprint density at radius 3 is 2.88 bits per heavy atom. The van der Waals surface area contributed by atoms with Crippen molar-refractivity contribution in [3.05, 3.63) is 29.3 Å². The van der Waals surface area contributed by atoms with Crippen molar-refractivity contribution in [1.29, 1.82) is 0 Å². The first-order valence-electron chi connectivity index (χ1n) is 9.37. The lowest BCUT2D eigenvalue weighted by atomic mass is 10.0. The zero-order valence-corrected chi connectivity index (χ0v) is 15.6. The summed E-state index contributed by atoms with van der Waals surface area (Å²) in [6, 6.07) is 5.86. The van der Waals surface area contributed by atoms with Gasteiger partial charge in [0.15, 0.2) is 0 Å². The molecule has 2 aliphatic heterocycles. The van der Waals surface area contributed by atoms with Crippen molar-refractivity contribution < 1.29 is 19.1 Å². The molecule has 140 valence electrons. The van der Waals surface area contributed by atoms with Crippen molar-refractivity contribution >= 4 is 12.0 Å². The minimum Gasteiger partial charge on any atom is -0.493 e. The minimum atomic E-state index is -0.511. The van der Waals surface area contributed by atoms with Gasteiger partial charge in [-0.3, -0.25) is 4.79 Å². The molecule has 1 saturated heterocycles. The van der Waals surface area contributed by atoms with E-state index in [9.17, 15) is 9.59 Å². The van der Waals surface area contributed by atoms with Crippen molar-refractivity contribution in [2.24, 2.45) is 5.92 Å². The summed E-state index contributed by atoms with van der Waals surface area (Å²) in [6.07, 6.45) is 2.47. The summed E-state index contributed by atoms with van der Waals surface area (Å²) < 4.78 is 11.1. The Morgan fingerprint density at radius 1 is 1.31 bits per heavy atom. The largest absolute Gasteiger partial charge is 0.493 e. The van der Waals surface area contributed by atoms with Crippen LogP contribution in [-0.2, 0) is 11.2 Å². The van der Waals surface area contributed by atoms with Gasteiger partial charge in [0.1, 0.15) is 11.4 Å². The summed E-state index contributed by atoms with van der Waals surface area (Å²) >= 11 is 0. The Bertz CT molecular complexity index is 740. The fourth-order valence-corrected chi connectivity index (χ4v) is 4.08. The summed E-state index contributed by atoms with van der Waals surface area (Å²) in [5.41, 5.74) is 1.14. The second-order valence-electron chi connectivity index (χ2n) is 8.43. The molecule has 1 aromatic rings. The number of nitrogens with one attached hydrogen (secondary N) is 1. The van der Waals surface area contributed by atoms with Crippen LogP contribution in [-0.4, -0.2) is 47.7 Å². The number of hydrogen-bond acceptors (Lipinski definition) is 4. The Hall–Kier alpha value is -2.24. The molecule has 3 unspecified atom stereocenters. The van der Waals surface area contributed by atoms with Crippen molar-refractivity contribution in [2.45, 2.75) is 57.7 Å². The third-order valence-corrected chi connectivity index (χ3v) is 5.30. The number of carbonyl (C=O) groups excluding carboxylic acids is 2. The number of amides is 2. The molecule has 2 amide bonds. The number of hydrogen-bond donors (Lipinski definition) is 1. The molecule has 1 saturated carbocycles. The van der Waals surface area contributed by atoms with Crippen LogP contribution in [0.5, 0.6) is 5.75 Å². The molecule has 3 aliphatic rings. The topological polar surface area (TPSA) is 67.9 Å². The van der Waals surface area contributed by atoms with Crippen LogP contribution in [0.4, 0.5) is 4.79 Å². The van der Waals surface area contributed by atoms with Crippen molar-refractivity contribution in [3.8, 4) is 5.75 Å². The molecule has 4 rings (SSSR count). The SMILES string of the molecule is CC(C)(C)OC(=O)N1C(CNC(=O)c2cccc3c2CCO3)CC2CC21. The van der Waals surface area contributed by atoms with Crippen molar-refractivity contribution in [1.82, 2.24) is 10.2 Å². The Kier molecular flexibility index (Phi) is 4.09. The van der Waals surface area contributed by atoms with Gasteiger partial charge in [-0.25, -0.2) is 4.79 Å². The number of ether oxygens (including phenoxy) is 2. The molecule has 6 nitrogen and oxygen atoms in total. The molecule has 2 fully saturated rings. The van der Waals surface area contributed by atoms with Crippen LogP contribution in [0, 0.1) is 5.92 Å². The fraction of sp³-hybridized carbons (Fsp3) is 0.600. The molecule has 2 heterocycles. The zero-order valence-electron chi connectivity index (χ0n) is 15.6. The van der Waals surface area contributed by atoms with E-state index in [1.807, 2.05) is 43.9 Å². The maximum Gasteiger partial charge on any atom is 0.410 e. The van der Waals surface area contributed by atoms with E-state index in [0.717, 1.165) is 30.6 Å². The van der Waals surface area contributed by atoms with E-state index in [4.69, 9.17) is 9.47 Å². The molecule has 0 radical (unpaired) electrons. The van der Waals surface area contributed by atoms with Crippen LogP contribution in [0.2, 0.25) is 0 Å². The molecular formula is C20H26N2O4. The minimum absolute atomic E-state index is 0.00515. The summed E-state index contributed by atoms with van der Waals surface area (Å²) in [6.45, 7) is 6.70. The fourth-order valence-electron chi connectivity index (χ4n) is 4.08. The van der Waals surface area contributed by atoms with Crippen LogP contribution in [0.25, 0.3) is 0 Å². The highest BCUT2D eigenvalue weighted by Gasteiger charge is 2.54. The maximum atomic E-state index is 12.7. The summed E-state index contributed by atoms with van der Waals surface area (Å²) in [7, 11) is 0. The highest BCUT2D eigenvalue weighted by atomic mass is 16.6. The van der Waals surface area contributed by atoms with E-state index in [0.29, 0.717) is 24.6 Å². The molecule has 3 atom stereocenters. The van der Waals surface area contributed by atoms with Gasteiger partial charge in [-0.05, 0) is 51.7 Å². The average molecular weight is 358 g/mol. The number of fused-ring (bicyclic) bond motifs is 2. The Labute approximate surface area is 153 Å². The summed E-state index contributed by atoms with van der Waals surface area (Å²) in [5.74, 6) is 1.26. The van der Waals surface area contributed by atoms with Crippen molar-refractivity contribution in [3.63, 3.8) is 0 Å². The molecule has 6 heteroatoms. The molecule has 0 aromatic heterocycles. The normalized spacial score (nSPS) is 26.0. The quantitative estimate of drug-likeness (QED) is 0.902. The second kappa shape index (κ2) is 6.18. The number of likely N-dealkylation sites (tertiary alicyclic amines) is 1. The first kappa shape index (κ1) is 17.2. The highest BCUT2D eigenvalue weighted by molar-refractivity contribution is 5.96. The number of benzene rings is 1. The Balaban J connectivity index is 1.40. The van der Waals surface area contributed by atoms with E-state index in [2.05, 4.69) is 5.32 Å². The lowest BCUT2D eigenvalue weighted by Crippen LogP contribution is -2.47. The lowest BCUT2D eigenvalue weighted by molar-refractivity contribution is 0.0183. The smallest absolute Gasteiger partial charge is 0.410 e. The van der Waals surface area contributed by atoms with Crippen LogP contribution in [0.15, 0.2) is 18.2 Å². The van der Waals surface area contributed by atoms with E-state index in [1.165, 1.54) is 0 Å². The Morgan fingerprint density at radius 2 is 2.12 bits per heavy atom. The first-order chi connectivity index (χ1) is 12.3. The third kappa shape index (κ3) is 3.24. The maximum absolute atomic E-state index is 12.7. The second-order valence-corrected chi connectivity index (χ2v) is 8.43. The first-order valence-corrected chi connectivity index (χ1v) is 9.37. The number of carbonyl (C=O) groups is 2. The van der Waals surface area contributed by atoms with Crippen LogP contribution in [0.1, 0.15) is 49.5 Å². The molecule has 0 spiro atoms. The van der Waals surface area contributed by atoms with E-state index >= 15 is 0 Å². The molecule has 1 aromatic carbocycles. The molecule has 1 N–H and O–H groups in total. The van der Waals surface area contributed by atoms with Crippen LogP contribution < -0.4 is 10.1 Å². The molecule has 1 aliphatic carbocycles. The van der Waals surface area contributed by atoms with Gasteiger partial charge in [-0.1, -0.05) is 6.07 Å². The predicted octanol–water partition coefficient (Wildman–Crippen LogP) is 2.75. The standard InChI is InChI=1S/C20H26N2O4/c1-20(2,3)26-19(24)22-13(9-12-10-16(12)22)11-21-18(23)15-5-4-6-17-14(15)7-8-25-17/h4-6,12-13,16H,7-11H2,1-3H3,(H,21,23). The van der Waals surface area contributed by atoms with Gasteiger partial charge in [0.25, 0.3) is 5.91 Å². The molecule has 26 heavy (non-hydrogen) atoms. The van der Waals surface area contributed by atoms with E-state index in [-0.39, 0.29) is 24.1 Å². The lowest BCUT2D eigenvalue weighted by Gasteiger charge is -2.30.